The van der Waals surface area contributed by atoms with E-state index in [9.17, 15) is 35.4 Å². The Labute approximate surface area is 388 Å². The summed E-state index contributed by atoms with van der Waals surface area (Å²) in [4.78, 5) is 13.4. The number of phenolic OH excluding ortho intramolecular Hbond substituents is 2. The molecule has 2 aromatic carbocycles. The molecule has 362 valence electrons. The molecular formula is C51H72N4O11. The number of carboxylic acids is 1. The molecule has 2 saturated heterocycles. The average molecular weight is 917 g/mol. The van der Waals surface area contributed by atoms with Gasteiger partial charge in [0.1, 0.15) is 13.3 Å². The van der Waals surface area contributed by atoms with E-state index in [1.54, 1.807) is 24.3 Å². The number of methoxy groups -OCH3 is 1. The largest absolute Gasteiger partial charge is 0.504 e. The van der Waals surface area contributed by atoms with Crippen molar-refractivity contribution in [3.63, 3.8) is 0 Å². The van der Waals surface area contributed by atoms with Gasteiger partial charge in [-0.05, 0) is 123 Å². The fraction of sp³-hybridized carbons (Fsp3) is 0.627. The Kier molecular flexibility index (Phi) is 15.1. The quantitative estimate of drug-likeness (QED) is 0.0519. The number of aromatic hydroxyl groups is 2. The van der Waals surface area contributed by atoms with Crippen molar-refractivity contribution in [2.75, 3.05) is 40.1 Å². The zero-order valence-corrected chi connectivity index (χ0v) is 38.5. The second kappa shape index (κ2) is 20.8. The van der Waals surface area contributed by atoms with Gasteiger partial charge in [0.05, 0.1) is 43.3 Å². The van der Waals surface area contributed by atoms with Gasteiger partial charge in [0.2, 0.25) is 5.75 Å². The third-order valence-corrected chi connectivity index (χ3v) is 16.0. The van der Waals surface area contributed by atoms with Crippen LogP contribution in [0.3, 0.4) is 0 Å². The number of hydrogen-bond acceptors (Lipinski definition) is 14. The van der Waals surface area contributed by atoms with Crippen molar-refractivity contribution in [2.45, 2.75) is 127 Å². The first-order valence-electron chi connectivity index (χ1n) is 24.3. The van der Waals surface area contributed by atoms with Gasteiger partial charge < -0.3 is 66.0 Å². The minimum absolute atomic E-state index is 0.0115. The molecule has 8 rings (SSSR count). The Morgan fingerprint density at radius 3 is 2.53 bits per heavy atom. The van der Waals surface area contributed by atoms with Crippen LogP contribution in [0.4, 0.5) is 0 Å². The maximum atomic E-state index is 13.4. The summed E-state index contributed by atoms with van der Waals surface area (Å²) in [5, 5.41) is 75.7. The smallest absolute Gasteiger partial charge is 0.311 e. The summed E-state index contributed by atoms with van der Waals surface area (Å²) in [6, 6.07) is 8.25. The number of hydrogen-bond donors (Lipinski definition) is 10. The molecule has 10 unspecified atom stereocenters. The number of carbonyl (C=O) groups is 1. The highest BCUT2D eigenvalue weighted by atomic mass is 16.5. The molecule has 66 heavy (non-hydrogen) atoms. The summed E-state index contributed by atoms with van der Waals surface area (Å²) >= 11 is 0. The number of aliphatic hydroxyl groups is 3. The van der Waals surface area contributed by atoms with Crippen LogP contribution in [0.25, 0.3) is 0 Å². The average Bonchev–Trinajstić information content (AvgIpc) is 4.10. The van der Waals surface area contributed by atoms with Crippen LogP contribution in [-0.2, 0) is 16.0 Å². The van der Waals surface area contributed by atoms with Crippen molar-refractivity contribution in [3.05, 3.63) is 77.2 Å². The lowest BCUT2D eigenvalue weighted by Gasteiger charge is -2.61. The normalized spacial score (nSPS) is 31.1. The highest BCUT2D eigenvalue weighted by Gasteiger charge is 2.68. The molecule has 10 atom stereocenters. The molecule has 2 saturated carbocycles. The first kappa shape index (κ1) is 48.0. The molecule has 0 aromatic heterocycles. The highest BCUT2D eigenvalue weighted by Crippen LogP contribution is 2.68. The number of phenols is 2. The molecule has 0 radical (unpaired) electrons. The third kappa shape index (κ3) is 9.61. The lowest BCUT2D eigenvalue weighted by atomic mass is 9.46. The van der Waals surface area contributed by atoms with Crippen molar-refractivity contribution >= 4 is 5.97 Å². The molecule has 3 aliphatic heterocycles. The predicted octanol–water partition coefficient (Wildman–Crippen LogP) is 5.30. The number of allylic oxidation sites excluding steroid dienone is 3. The summed E-state index contributed by atoms with van der Waals surface area (Å²) in [6.45, 7) is 3.13. The SMILES string of the molecule is COc1cc(C2OC(CCc3ccc(O)c(OCNCC(O)C4CCCC4)c3)CC(O)C2CCO)cc(OCC2NC(C)CC3(CCCC3)C23C(C(=O)O)C=CC3C2=CCNC(N)=C2)c1O. The van der Waals surface area contributed by atoms with Gasteiger partial charge in [-0.15, -0.1) is 0 Å². The predicted molar refractivity (Wildman–Crippen MR) is 248 cm³/mol. The number of piperidine rings is 1. The minimum Gasteiger partial charge on any atom is -0.504 e. The van der Waals surface area contributed by atoms with E-state index >= 15 is 0 Å². The molecule has 4 fully saturated rings. The molecule has 6 aliphatic rings. The maximum absolute atomic E-state index is 13.4. The van der Waals surface area contributed by atoms with E-state index in [1.165, 1.54) is 7.11 Å². The lowest BCUT2D eigenvalue weighted by Crippen LogP contribution is -2.69. The number of nitrogens with two attached hydrogens (primary N) is 1. The van der Waals surface area contributed by atoms with Crippen molar-refractivity contribution in [2.24, 2.45) is 40.2 Å². The summed E-state index contributed by atoms with van der Waals surface area (Å²) in [7, 11) is 1.46. The number of rotatable bonds is 18. The minimum atomic E-state index is -0.880. The zero-order valence-electron chi connectivity index (χ0n) is 38.5. The van der Waals surface area contributed by atoms with Crippen LogP contribution in [0.1, 0.15) is 101 Å². The molecule has 15 nitrogen and oxygen atoms in total. The monoisotopic (exact) mass is 917 g/mol. The number of dihydropyridines is 1. The zero-order chi connectivity index (χ0) is 46.6. The molecule has 2 aromatic rings. The third-order valence-electron chi connectivity index (χ3n) is 16.0. The first-order chi connectivity index (χ1) is 31.9. The van der Waals surface area contributed by atoms with E-state index in [1.807, 2.05) is 18.2 Å². The maximum Gasteiger partial charge on any atom is 0.311 e. The van der Waals surface area contributed by atoms with Crippen LogP contribution in [0, 0.1) is 34.5 Å². The van der Waals surface area contributed by atoms with Gasteiger partial charge in [0.15, 0.2) is 23.0 Å². The number of aliphatic hydroxyl groups excluding tert-OH is 3. The van der Waals surface area contributed by atoms with Crippen LogP contribution in [0.15, 0.2) is 66.0 Å². The van der Waals surface area contributed by atoms with E-state index in [0.29, 0.717) is 55.4 Å². The van der Waals surface area contributed by atoms with Crippen molar-refractivity contribution in [1.29, 1.82) is 0 Å². The molecule has 11 N–H and O–H groups in total. The van der Waals surface area contributed by atoms with Crippen molar-refractivity contribution in [3.8, 4) is 28.7 Å². The Morgan fingerprint density at radius 2 is 1.80 bits per heavy atom. The summed E-state index contributed by atoms with van der Waals surface area (Å²) < 4.78 is 25.1. The Hall–Kier alpha value is -4.51. The number of fused-ring (bicyclic) bond motifs is 1. The van der Waals surface area contributed by atoms with Crippen molar-refractivity contribution < 1.29 is 54.4 Å². The van der Waals surface area contributed by atoms with Gasteiger partial charge in [0, 0.05) is 49.0 Å². The van der Waals surface area contributed by atoms with Gasteiger partial charge in [-0.25, -0.2) is 0 Å². The van der Waals surface area contributed by atoms with Crippen LogP contribution >= 0.6 is 0 Å². The molecule has 3 heterocycles. The highest BCUT2D eigenvalue weighted by molar-refractivity contribution is 5.75. The molecule has 15 heteroatoms. The van der Waals surface area contributed by atoms with Crippen LogP contribution in [-0.4, -0.2) is 107 Å². The standard InChI is InChI=1S/C51H72N4O11/c1-30-26-50(17-5-6-18-50)51(37(12-13-38(51)49(61)62)33-15-19-54-46(52)24-33)45(55-30)28-64-44-23-34(22-43(63-2)47(44)60)48-36(16-20-56)40(58)25-35(66-48)11-9-31-10-14-39(57)42(21-31)65-29-53-27-41(59)32-7-3-4-8-32/h10,12-15,21-24,30,32,35-38,40-41,45,48,53-60H,3-9,11,16-20,25-29,52H2,1-2H3,(H,61,62). The summed E-state index contributed by atoms with van der Waals surface area (Å²) in [5.74, 6) is -1.13. The number of aryl methyl sites for hydroxylation is 1. The van der Waals surface area contributed by atoms with E-state index in [0.717, 1.165) is 68.9 Å². The van der Waals surface area contributed by atoms with Crippen LogP contribution < -0.4 is 35.9 Å². The summed E-state index contributed by atoms with van der Waals surface area (Å²) in [5.41, 5.74) is 7.71. The fourth-order valence-electron chi connectivity index (χ4n) is 13.1. The van der Waals surface area contributed by atoms with E-state index < -0.39 is 47.6 Å². The fourth-order valence-corrected chi connectivity index (χ4v) is 13.1. The van der Waals surface area contributed by atoms with Gasteiger partial charge >= 0.3 is 5.97 Å². The topological polar surface area (TPSA) is 237 Å². The molecule has 2 spiro atoms. The lowest BCUT2D eigenvalue weighted by molar-refractivity contribution is -0.160. The summed E-state index contributed by atoms with van der Waals surface area (Å²) in [6.07, 6.45) is 16.4. The van der Waals surface area contributed by atoms with Gasteiger partial charge in [0.25, 0.3) is 0 Å². The molecular weight excluding hydrogens is 845 g/mol. The second-order valence-electron chi connectivity index (χ2n) is 19.8. The number of carboxylic acid groups (broad SMARTS) is 1. The van der Waals surface area contributed by atoms with E-state index in [-0.39, 0.29) is 72.8 Å². The van der Waals surface area contributed by atoms with E-state index in [2.05, 4.69) is 35.0 Å². The van der Waals surface area contributed by atoms with E-state index in [4.69, 9.17) is 24.7 Å². The number of ether oxygens (including phenoxy) is 4. The molecule has 3 aliphatic carbocycles. The second-order valence-corrected chi connectivity index (χ2v) is 19.8. The Balaban J connectivity index is 1.02. The van der Waals surface area contributed by atoms with Crippen LogP contribution in [0.5, 0.6) is 28.7 Å². The number of benzene rings is 2. The first-order valence-corrected chi connectivity index (χ1v) is 24.3. The Morgan fingerprint density at radius 1 is 1.03 bits per heavy atom. The number of aliphatic carboxylic acids is 1. The Bertz CT molecular complexity index is 2100. The van der Waals surface area contributed by atoms with Crippen LogP contribution in [0.2, 0.25) is 0 Å². The van der Waals surface area contributed by atoms with Gasteiger partial charge in [-0.2, -0.15) is 0 Å². The van der Waals surface area contributed by atoms with Gasteiger partial charge in [-0.3, -0.25) is 10.1 Å². The number of nitrogens with one attached hydrogen (secondary N) is 3. The van der Waals surface area contributed by atoms with Gasteiger partial charge in [-0.1, -0.05) is 50.0 Å². The molecule has 0 amide bonds. The van der Waals surface area contributed by atoms with Crippen molar-refractivity contribution in [1.82, 2.24) is 16.0 Å². The molecule has 0 bridgehead atoms.